The van der Waals surface area contributed by atoms with Crippen molar-refractivity contribution in [3.63, 3.8) is 0 Å². The zero-order valence-electron chi connectivity index (χ0n) is 9.43. The van der Waals surface area contributed by atoms with Crippen LogP contribution in [0, 0.1) is 0 Å². The van der Waals surface area contributed by atoms with E-state index in [-0.39, 0.29) is 18.1 Å². The summed E-state index contributed by atoms with van der Waals surface area (Å²) in [5.74, 6) is -0.412. The maximum absolute atomic E-state index is 11.1. The van der Waals surface area contributed by atoms with E-state index in [9.17, 15) is 9.59 Å². The number of esters is 1. The topological polar surface area (TPSA) is 86.0 Å². The van der Waals surface area contributed by atoms with E-state index in [4.69, 9.17) is 19.0 Å². The quantitative estimate of drug-likeness (QED) is 0.482. The molecule has 0 aliphatic carbocycles. The molecule has 1 rings (SSSR count). The number of aliphatic hydroxyl groups excluding tert-OH is 1. The molecule has 0 saturated heterocycles. The third-order valence-electron chi connectivity index (χ3n) is 1.71. The van der Waals surface area contributed by atoms with Crippen LogP contribution in [0.1, 0.15) is 12.7 Å². The van der Waals surface area contributed by atoms with E-state index in [2.05, 4.69) is 0 Å². The smallest absolute Gasteiger partial charge is 0.339 e. The zero-order valence-corrected chi connectivity index (χ0v) is 9.43. The molecule has 0 amide bonds. The molecule has 6 heteroatoms. The van der Waals surface area contributed by atoms with E-state index in [1.807, 2.05) is 0 Å². The molecule has 1 aromatic rings. The normalized spacial score (nSPS) is 11.1. The van der Waals surface area contributed by atoms with Gasteiger partial charge in [-0.1, -0.05) is 0 Å². The molecule has 0 radical (unpaired) electrons. The summed E-state index contributed by atoms with van der Waals surface area (Å²) in [5, 5.41) is 8.81. The van der Waals surface area contributed by atoms with Gasteiger partial charge in [-0.3, -0.25) is 0 Å². The van der Waals surface area contributed by atoms with E-state index in [0.29, 0.717) is 5.75 Å². The standard InChI is InChI=1S/C11H12O6/c1-7(12)3-10(13)16-6-9-4-8(15-2)5-11(14)17-9/h3-5,12H,6H2,1-2H3/b7-3-. The minimum absolute atomic E-state index is 0.159. The first-order valence-electron chi connectivity index (χ1n) is 4.73. The molecule has 1 N–H and O–H groups in total. The maximum Gasteiger partial charge on any atom is 0.339 e. The predicted molar refractivity (Wildman–Crippen MR) is 57.7 cm³/mol. The van der Waals surface area contributed by atoms with E-state index >= 15 is 0 Å². The number of aliphatic hydroxyl groups is 1. The monoisotopic (exact) mass is 240 g/mol. The van der Waals surface area contributed by atoms with Crippen LogP contribution in [-0.2, 0) is 16.1 Å². The van der Waals surface area contributed by atoms with Crippen molar-refractivity contribution in [3.05, 3.63) is 40.1 Å². The van der Waals surface area contributed by atoms with Gasteiger partial charge in [0, 0.05) is 6.07 Å². The maximum atomic E-state index is 11.1. The highest BCUT2D eigenvalue weighted by molar-refractivity contribution is 5.82. The number of hydrogen-bond donors (Lipinski definition) is 1. The largest absolute Gasteiger partial charge is 0.512 e. The fraction of sp³-hybridized carbons (Fsp3) is 0.273. The first-order valence-corrected chi connectivity index (χ1v) is 4.73. The van der Waals surface area contributed by atoms with Gasteiger partial charge in [0.05, 0.1) is 25.0 Å². The van der Waals surface area contributed by atoms with Gasteiger partial charge < -0.3 is 19.0 Å². The van der Waals surface area contributed by atoms with E-state index in [1.54, 1.807) is 0 Å². The Kier molecular flexibility index (Phi) is 4.33. The highest BCUT2D eigenvalue weighted by Gasteiger charge is 2.05. The molecule has 1 aromatic heterocycles. The van der Waals surface area contributed by atoms with Crippen LogP contribution < -0.4 is 10.4 Å². The van der Waals surface area contributed by atoms with Gasteiger partial charge in [0.2, 0.25) is 0 Å². The van der Waals surface area contributed by atoms with Crippen molar-refractivity contribution in [2.75, 3.05) is 7.11 Å². The van der Waals surface area contributed by atoms with E-state index < -0.39 is 11.6 Å². The molecular weight excluding hydrogens is 228 g/mol. The summed E-state index contributed by atoms with van der Waals surface area (Å²) in [6.45, 7) is 1.13. The van der Waals surface area contributed by atoms with Crippen molar-refractivity contribution >= 4 is 5.97 Å². The number of ether oxygens (including phenoxy) is 2. The Morgan fingerprint density at radius 3 is 2.82 bits per heavy atom. The summed E-state index contributed by atoms with van der Waals surface area (Å²) in [4.78, 5) is 22.1. The average molecular weight is 240 g/mol. The third-order valence-corrected chi connectivity index (χ3v) is 1.71. The van der Waals surface area contributed by atoms with Crippen molar-refractivity contribution in [1.29, 1.82) is 0 Å². The Balaban J connectivity index is 2.69. The molecule has 0 aliphatic heterocycles. The fourth-order valence-electron chi connectivity index (χ4n) is 1.05. The Morgan fingerprint density at radius 2 is 2.24 bits per heavy atom. The molecule has 0 aliphatic rings. The molecule has 0 atom stereocenters. The molecule has 1 heterocycles. The molecular formula is C11H12O6. The van der Waals surface area contributed by atoms with Crippen molar-refractivity contribution in [2.24, 2.45) is 0 Å². The lowest BCUT2D eigenvalue weighted by Gasteiger charge is -2.03. The number of carbonyl (C=O) groups is 1. The minimum atomic E-state index is -0.726. The number of allylic oxidation sites excluding steroid dienone is 1. The van der Waals surface area contributed by atoms with E-state index in [1.165, 1.54) is 26.2 Å². The van der Waals surface area contributed by atoms with Crippen LogP contribution in [0.15, 0.2) is 33.2 Å². The molecule has 0 unspecified atom stereocenters. The molecule has 0 aromatic carbocycles. The molecule has 6 nitrogen and oxygen atoms in total. The molecule has 0 fully saturated rings. The van der Waals surface area contributed by atoms with Gasteiger partial charge in [-0.15, -0.1) is 0 Å². The van der Waals surface area contributed by atoms with Gasteiger partial charge in [0.1, 0.15) is 18.1 Å². The fourth-order valence-corrected chi connectivity index (χ4v) is 1.05. The Labute approximate surface area is 97.1 Å². The van der Waals surface area contributed by atoms with Crippen LogP contribution in [0.25, 0.3) is 0 Å². The van der Waals surface area contributed by atoms with Crippen LogP contribution in [0.4, 0.5) is 0 Å². The van der Waals surface area contributed by atoms with Crippen molar-refractivity contribution in [3.8, 4) is 5.75 Å². The van der Waals surface area contributed by atoms with Crippen molar-refractivity contribution in [1.82, 2.24) is 0 Å². The lowest BCUT2D eigenvalue weighted by atomic mass is 10.4. The Bertz CT molecular complexity index is 481. The zero-order chi connectivity index (χ0) is 12.8. The van der Waals surface area contributed by atoms with Crippen LogP contribution in [0.2, 0.25) is 0 Å². The van der Waals surface area contributed by atoms with Crippen molar-refractivity contribution < 1.29 is 23.8 Å². The first-order chi connectivity index (χ1) is 8.01. The number of methoxy groups -OCH3 is 1. The molecule has 0 saturated carbocycles. The number of carbonyl (C=O) groups excluding carboxylic acids is 1. The van der Waals surface area contributed by atoms with Gasteiger partial charge in [0.15, 0.2) is 0 Å². The summed E-state index contributed by atoms with van der Waals surface area (Å²) in [6.07, 6.45) is 0.915. The summed E-state index contributed by atoms with van der Waals surface area (Å²) in [6, 6.07) is 2.60. The molecule has 17 heavy (non-hydrogen) atoms. The Morgan fingerprint density at radius 1 is 1.53 bits per heavy atom. The highest BCUT2D eigenvalue weighted by atomic mass is 16.5. The third kappa shape index (κ3) is 4.42. The summed E-state index contributed by atoms with van der Waals surface area (Å²) < 4.78 is 14.4. The highest BCUT2D eigenvalue weighted by Crippen LogP contribution is 2.10. The van der Waals surface area contributed by atoms with Gasteiger partial charge in [-0.05, 0) is 6.92 Å². The Hall–Kier alpha value is -2.24. The van der Waals surface area contributed by atoms with Gasteiger partial charge >= 0.3 is 11.6 Å². The number of hydrogen-bond acceptors (Lipinski definition) is 6. The van der Waals surface area contributed by atoms with Crippen LogP contribution in [0.5, 0.6) is 5.75 Å². The van der Waals surface area contributed by atoms with Gasteiger partial charge in [-0.25, -0.2) is 9.59 Å². The van der Waals surface area contributed by atoms with Crippen molar-refractivity contribution in [2.45, 2.75) is 13.5 Å². The second kappa shape index (κ2) is 5.74. The minimum Gasteiger partial charge on any atom is -0.512 e. The first kappa shape index (κ1) is 12.8. The SMILES string of the molecule is COc1cc(COC(=O)/C=C(/C)O)oc(=O)c1. The predicted octanol–water partition coefficient (Wildman–Crippen LogP) is 1.15. The van der Waals surface area contributed by atoms with Gasteiger partial charge in [0.25, 0.3) is 0 Å². The molecule has 0 bridgehead atoms. The lowest BCUT2D eigenvalue weighted by molar-refractivity contribution is -0.139. The average Bonchev–Trinajstić information content (AvgIpc) is 2.24. The van der Waals surface area contributed by atoms with Crippen LogP contribution >= 0.6 is 0 Å². The van der Waals surface area contributed by atoms with E-state index in [0.717, 1.165) is 6.08 Å². The molecule has 92 valence electrons. The number of rotatable bonds is 4. The van der Waals surface area contributed by atoms with Gasteiger partial charge in [-0.2, -0.15) is 0 Å². The summed E-state index contributed by atoms with van der Waals surface area (Å²) in [5.41, 5.74) is -0.593. The summed E-state index contributed by atoms with van der Waals surface area (Å²) >= 11 is 0. The lowest BCUT2D eigenvalue weighted by Crippen LogP contribution is -2.06. The molecule has 0 spiro atoms. The van der Waals surface area contributed by atoms with Crippen LogP contribution in [0.3, 0.4) is 0 Å². The second-order valence-electron chi connectivity index (χ2n) is 3.18. The second-order valence-corrected chi connectivity index (χ2v) is 3.18. The summed E-state index contributed by atoms with van der Waals surface area (Å²) in [7, 11) is 1.41. The van der Waals surface area contributed by atoms with Crippen LogP contribution in [-0.4, -0.2) is 18.2 Å².